The van der Waals surface area contributed by atoms with Gasteiger partial charge in [-0.3, -0.25) is 0 Å². The summed E-state index contributed by atoms with van der Waals surface area (Å²) >= 11 is 0. The maximum absolute atomic E-state index is 13.2. The van der Waals surface area contributed by atoms with Crippen LogP contribution in [0.4, 0.5) is 10.3 Å². The number of ether oxygens (including phenoxy) is 3. The van der Waals surface area contributed by atoms with E-state index in [-0.39, 0.29) is 5.82 Å². The monoisotopic (exact) mass is 666 g/mol. The number of anilines is 1. The molecule has 3 aliphatic heterocycles. The third kappa shape index (κ3) is 8.25. The lowest BCUT2D eigenvalue weighted by molar-refractivity contribution is -0.355. The van der Waals surface area contributed by atoms with Gasteiger partial charge in [-0.05, 0) is 55.8 Å². The van der Waals surface area contributed by atoms with Gasteiger partial charge >= 0.3 is 0 Å². The Morgan fingerprint density at radius 2 is 1.51 bits per heavy atom. The fourth-order valence-electron chi connectivity index (χ4n) is 5.84. The lowest BCUT2D eigenvalue weighted by Crippen LogP contribution is -2.64. The molecular weight excluding hydrogens is 623 g/mol. The molecule has 0 bridgehead atoms. The zero-order valence-electron chi connectivity index (χ0n) is 25.5. The van der Waals surface area contributed by atoms with Crippen molar-refractivity contribution in [1.82, 2.24) is 14.9 Å². The second-order valence-corrected chi connectivity index (χ2v) is 11.8. The summed E-state index contributed by atoms with van der Waals surface area (Å²) in [4.78, 5) is 4.78. The average Bonchev–Trinajstić information content (AvgIpc) is 3.42. The Balaban J connectivity index is 0.000000185. The van der Waals surface area contributed by atoms with Crippen LogP contribution in [0, 0.1) is 5.82 Å². The van der Waals surface area contributed by atoms with Gasteiger partial charge in [0, 0.05) is 6.04 Å². The number of imidazole rings is 1. The summed E-state index contributed by atoms with van der Waals surface area (Å²) in [5, 5.41) is 83.5. The quantitative estimate of drug-likeness (QED) is 0.125. The van der Waals surface area contributed by atoms with Gasteiger partial charge in [-0.1, -0.05) is 24.3 Å². The minimum absolute atomic E-state index is 0.206. The predicted molar refractivity (Wildman–Crippen MR) is 163 cm³/mol. The third-order valence-electron chi connectivity index (χ3n) is 8.56. The lowest BCUT2D eigenvalue weighted by atomic mass is 9.97. The Kier molecular flexibility index (Phi) is 12.1. The largest absolute Gasteiger partial charge is 0.394 e. The summed E-state index contributed by atoms with van der Waals surface area (Å²) in [6.45, 7) is 1.40. The first-order valence-electron chi connectivity index (χ1n) is 15.5. The van der Waals surface area contributed by atoms with Crippen LogP contribution in [0.1, 0.15) is 18.4 Å². The second kappa shape index (κ2) is 16.0. The first-order valence-corrected chi connectivity index (χ1v) is 15.5. The summed E-state index contributed by atoms with van der Waals surface area (Å²) in [6.07, 6.45) is -13.4. The van der Waals surface area contributed by atoms with Gasteiger partial charge in [0.25, 0.3) is 0 Å². The number of hydrogen-bond acceptors (Lipinski definition) is 14. The fourth-order valence-corrected chi connectivity index (χ4v) is 5.84. The molecule has 15 nitrogen and oxygen atoms in total. The molecule has 4 heterocycles. The van der Waals surface area contributed by atoms with Crippen molar-refractivity contribution in [3.63, 3.8) is 0 Å². The Morgan fingerprint density at radius 3 is 2.19 bits per heavy atom. The maximum Gasteiger partial charge on any atom is 0.204 e. The number of hydrogen-bond donors (Lipinski definition) is 10. The maximum atomic E-state index is 13.2. The topological polar surface area (TPSA) is 231 Å². The number of rotatable bonds is 8. The Bertz CT molecular complexity index is 1410. The molecule has 47 heavy (non-hydrogen) atoms. The first-order chi connectivity index (χ1) is 22.6. The van der Waals surface area contributed by atoms with Gasteiger partial charge in [-0.2, -0.15) is 0 Å². The molecule has 3 aromatic rings. The minimum atomic E-state index is -1.74. The molecule has 2 aromatic carbocycles. The van der Waals surface area contributed by atoms with E-state index in [0.29, 0.717) is 12.6 Å². The molecule has 0 radical (unpaired) electrons. The highest BCUT2D eigenvalue weighted by Crippen LogP contribution is 2.29. The van der Waals surface area contributed by atoms with Crippen LogP contribution < -0.4 is 10.6 Å². The highest BCUT2D eigenvalue weighted by atomic mass is 19.1. The summed E-state index contributed by atoms with van der Waals surface area (Å²) in [5.41, 5.74) is 3.14. The fraction of sp³-hybridized carbons (Fsp3) is 0.581. The van der Waals surface area contributed by atoms with Crippen molar-refractivity contribution in [1.29, 1.82) is 0 Å². The Hall–Kier alpha value is -2.84. The third-order valence-corrected chi connectivity index (χ3v) is 8.56. The number of nitrogens with one attached hydrogen (secondary N) is 2. The van der Waals surface area contributed by atoms with Crippen LogP contribution in [0.25, 0.3) is 11.0 Å². The van der Waals surface area contributed by atoms with E-state index in [9.17, 15) is 40.1 Å². The molecule has 0 amide bonds. The van der Waals surface area contributed by atoms with Crippen LogP contribution in [0.2, 0.25) is 0 Å². The van der Waals surface area contributed by atoms with Gasteiger partial charge < -0.3 is 70.3 Å². The predicted octanol–water partition coefficient (Wildman–Crippen LogP) is -2.01. The van der Waals surface area contributed by atoms with Crippen LogP contribution in [-0.2, 0) is 20.8 Å². The lowest BCUT2D eigenvalue weighted by Gasteiger charge is -2.45. The summed E-state index contributed by atoms with van der Waals surface area (Å²) in [6, 6.07) is 15.3. The standard InChI is InChI=1S/C19H21FN4.C12H22O11/c20-15-7-5-14(6-8-15)13-24-18-4-2-1-3-17(18)23-19(24)22-16-9-11-21-12-10-16;13-1-3-5(15)6(16)9(19)12(22-3)23-10-4(2-14)21-11(20)8(18)7(10)17/h1-8,16,21H,9-13H2,(H,22,23);3-20H,1-2H2/t;3-,4-,5+,6+,7-,8-,9-,10-,11-,12+/m.1/s1. The van der Waals surface area contributed by atoms with Gasteiger partial charge in [0.15, 0.2) is 12.6 Å². The number of aromatic nitrogens is 2. The molecule has 16 heteroatoms. The molecule has 3 aliphatic rings. The number of nitrogens with zero attached hydrogens (tertiary/aromatic N) is 2. The summed E-state index contributed by atoms with van der Waals surface area (Å²) in [7, 11) is 0. The van der Waals surface area contributed by atoms with E-state index >= 15 is 0 Å². The molecular formula is C31H43FN4O11. The number of piperidine rings is 1. The number of aliphatic hydroxyl groups excluding tert-OH is 8. The van der Waals surface area contributed by atoms with Crippen LogP contribution in [-0.4, -0.2) is 144 Å². The Morgan fingerprint density at radius 1 is 0.830 bits per heavy atom. The van der Waals surface area contributed by atoms with E-state index in [1.54, 1.807) is 0 Å². The highest BCUT2D eigenvalue weighted by Gasteiger charge is 2.50. The molecule has 0 unspecified atom stereocenters. The molecule has 0 spiro atoms. The zero-order valence-corrected chi connectivity index (χ0v) is 25.5. The second-order valence-electron chi connectivity index (χ2n) is 11.8. The Labute approximate surface area is 269 Å². The van der Waals surface area contributed by atoms with Crippen molar-refractivity contribution < 1.29 is 59.5 Å². The number of para-hydroxylation sites is 2. The first kappa shape index (κ1) is 35.5. The van der Waals surface area contributed by atoms with Crippen molar-refractivity contribution in [2.45, 2.75) is 86.8 Å². The molecule has 3 saturated heterocycles. The summed E-state index contributed by atoms with van der Waals surface area (Å²) < 4.78 is 30.6. The number of fused-ring (bicyclic) bond motifs is 1. The van der Waals surface area contributed by atoms with Crippen LogP contribution >= 0.6 is 0 Å². The molecule has 10 atom stereocenters. The SMILES string of the molecule is Fc1ccc(Cn2c(NC3CCNCC3)nc3ccccc32)cc1.OC[C@H]1O[C@@H](O[C@H]2[C@H](O)[C@@H](O)[C@H](O)O[C@@H]2CO)[C@H](O)[C@@H](O)[C@H]1O. The van der Waals surface area contributed by atoms with Gasteiger partial charge in [0.05, 0.1) is 30.8 Å². The molecule has 260 valence electrons. The van der Waals surface area contributed by atoms with Gasteiger partial charge in [-0.15, -0.1) is 0 Å². The van der Waals surface area contributed by atoms with Crippen molar-refractivity contribution >= 4 is 17.0 Å². The van der Waals surface area contributed by atoms with E-state index in [1.165, 1.54) is 12.1 Å². The van der Waals surface area contributed by atoms with E-state index < -0.39 is 74.6 Å². The van der Waals surface area contributed by atoms with Crippen molar-refractivity contribution in [3.8, 4) is 0 Å². The average molecular weight is 667 g/mol. The van der Waals surface area contributed by atoms with Gasteiger partial charge in [0.1, 0.15) is 54.6 Å². The number of aliphatic hydroxyl groups is 8. The molecule has 10 N–H and O–H groups in total. The minimum Gasteiger partial charge on any atom is -0.394 e. The molecule has 6 rings (SSSR count). The van der Waals surface area contributed by atoms with Crippen LogP contribution in [0.15, 0.2) is 48.5 Å². The molecule has 0 saturated carbocycles. The van der Waals surface area contributed by atoms with Crippen LogP contribution in [0.5, 0.6) is 0 Å². The van der Waals surface area contributed by atoms with E-state index in [2.05, 4.69) is 21.3 Å². The van der Waals surface area contributed by atoms with Crippen molar-refractivity contribution in [2.24, 2.45) is 0 Å². The van der Waals surface area contributed by atoms with E-state index in [0.717, 1.165) is 48.5 Å². The molecule has 0 aliphatic carbocycles. The highest BCUT2D eigenvalue weighted by molar-refractivity contribution is 5.78. The van der Waals surface area contributed by atoms with Gasteiger partial charge in [0.2, 0.25) is 5.95 Å². The van der Waals surface area contributed by atoms with Crippen LogP contribution in [0.3, 0.4) is 0 Å². The molecule has 1 aromatic heterocycles. The van der Waals surface area contributed by atoms with E-state index in [1.807, 2.05) is 30.3 Å². The number of halogens is 1. The summed E-state index contributed by atoms with van der Waals surface area (Å²) in [5.74, 6) is 0.690. The zero-order chi connectivity index (χ0) is 33.7. The smallest absolute Gasteiger partial charge is 0.204 e. The van der Waals surface area contributed by atoms with Crippen molar-refractivity contribution in [2.75, 3.05) is 31.6 Å². The van der Waals surface area contributed by atoms with Crippen molar-refractivity contribution in [3.05, 3.63) is 59.9 Å². The normalized spacial score (nSPS) is 33.3. The number of benzene rings is 2. The van der Waals surface area contributed by atoms with E-state index in [4.69, 9.17) is 24.3 Å². The molecule has 3 fully saturated rings. The van der Waals surface area contributed by atoms with Gasteiger partial charge in [-0.25, -0.2) is 9.37 Å².